The first-order valence-electron chi connectivity index (χ1n) is 13.9. The van der Waals surface area contributed by atoms with E-state index in [1.165, 1.54) is 12.7 Å². The molecular formula is C31H32N8O3. The Labute approximate surface area is 243 Å². The number of hydrogen-bond acceptors (Lipinski definition) is 9. The summed E-state index contributed by atoms with van der Waals surface area (Å²) in [6, 6.07) is 13.4. The van der Waals surface area contributed by atoms with Gasteiger partial charge in [0.1, 0.15) is 35.7 Å². The van der Waals surface area contributed by atoms with Crippen LogP contribution in [0, 0.1) is 6.92 Å². The number of nitrogens with zero attached hydrogens (tertiary/aromatic N) is 6. The lowest BCUT2D eigenvalue weighted by Crippen LogP contribution is -2.23. The first-order chi connectivity index (χ1) is 20.5. The molecule has 3 aromatic heterocycles. The van der Waals surface area contributed by atoms with Gasteiger partial charge < -0.3 is 20.1 Å². The maximum atomic E-state index is 12.9. The van der Waals surface area contributed by atoms with Crippen LogP contribution in [0.4, 0.5) is 17.2 Å². The van der Waals surface area contributed by atoms with Gasteiger partial charge in [0.15, 0.2) is 5.65 Å². The van der Waals surface area contributed by atoms with Crippen LogP contribution in [0.2, 0.25) is 0 Å². The van der Waals surface area contributed by atoms with E-state index in [-0.39, 0.29) is 11.9 Å². The molecule has 11 heteroatoms. The molecule has 0 bridgehead atoms. The van der Waals surface area contributed by atoms with Crippen molar-refractivity contribution in [1.82, 2.24) is 29.5 Å². The highest BCUT2D eigenvalue weighted by molar-refractivity contribution is 6.03. The number of aryl methyl sites for hydroxylation is 1. The predicted octanol–water partition coefficient (Wildman–Crippen LogP) is 5.50. The Kier molecular flexibility index (Phi) is 7.65. The minimum atomic E-state index is -0.212. The zero-order valence-corrected chi connectivity index (χ0v) is 23.7. The Morgan fingerprint density at radius 2 is 2.00 bits per heavy atom. The van der Waals surface area contributed by atoms with Crippen LogP contribution in [-0.2, 0) is 4.79 Å². The second-order valence-electron chi connectivity index (χ2n) is 10.2. The molecule has 11 nitrogen and oxygen atoms in total. The van der Waals surface area contributed by atoms with Crippen LogP contribution in [0.1, 0.15) is 25.3 Å². The van der Waals surface area contributed by atoms with E-state index in [4.69, 9.17) is 9.47 Å². The van der Waals surface area contributed by atoms with Crippen molar-refractivity contribution in [2.45, 2.75) is 32.7 Å². The molecule has 1 amide bonds. The summed E-state index contributed by atoms with van der Waals surface area (Å²) in [5.41, 5.74) is 3.72. The van der Waals surface area contributed by atoms with Gasteiger partial charge in [0.2, 0.25) is 5.91 Å². The fourth-order valence-corrected chi connectivity index (χ4v) is 5.07. The van der Waals surface area contributed by atoms with Gasteiger partial charge >= 0.3 is 0 Å². The number of ether oxygens (including phenoxy) is 2. The number of anilines is 3. The van der Waals surface area contributed by atoms with Crippen LogP contribution in [0.15, 0.2) is 73.5 Å². The molecular weight excluding hydrogens is 532 g/mol. The molecule has 0 radical (unpaired) electrons. The zero-order valence-electron chi connectivity index (χ0n) is 23.7. The number of aromatic nitrogens is 5. The fraction of sp³-hybridized carbons (Fsp3) is 0.258. The molecule has 6 rings (SSSR count). The molecule has 1 fully saturated rings. The van der Waals surface area contributed by atoms with Crippen molar-refractivity contribution in [2.75, 3.05) is 30.8 Å². The lowest BCUT2D eigenvalue weighted by atomic mass is 10.1. The third-order valence-corrected chi connectivity index (χ3v) is 7.26. The van der Waals surface area contributed by atoms with Gasteiger partial charge in [-0.25, -0.2) is 19.5 Å². The Morgan fingerprint density at radius 1 is 1.10 bits per heavy atom. The van der Waals surface area contributed by atoms with E-state index >= 15 is 0 Å². The molecule has 5 aromatic rings. The van der Waals surface area contributed by atoms with E-state index in [9.17, 15) is 4.79 Å². The summed E-state index contributed by atoms with van der Waals surface area (Å²) in [7, 11) is 2.08. The second kappa shape index (κ2) is 11.8. The average molecular weight is 565 g/mol. The van der Waals surface area contributed by atoms with Gasteiger partial charge in [-0.05, 0) is 76.2 Å². The number of nitrogens with one attached hydrogen (secondary N) is 2. The molecule has 42 heavy (non-hydrogen) atoms. The fourth-order valence-electron chi connectivity index (χ4n) is 5.07. The van der Waals surface area contributed by atoms with Crippen molar-refractivity contribution in [2.24, 2.45) is 0 Å². The second-order valence-corrected chi connectivity index (χ2v) is 10.2. The van der Waals surface area contributed by atoms with Crippen LogP contribution >= 0.6 is 0 Å². The van der Waals surface area contributed by atoms with Crippen molar-refractivity contribution in [3.63, 3.8) is 0 Å². The van der Waals surface area contributed by atoms with Gasteiger partial charge in [-0.15, -0.1) is 0 Å². The zero-order chi connectivity index (χ0) is 29.1. The third kappa shape index (κ3) is 5.86. The molecule has 2 N–H and O–H groups in total. The molecule has 1 aliphatic heterocycles. The highest BCUT2D eigenvalue weighted by Crippen LogP contribution is 2.34. The lowest BCUT2D eigenvalue weighted by molar-refractivity contribution is -0.112. The number of rotatable bonds is 9. The first-order valence-corrected chi connectivity index (χ1v) is 13.9. The molecule has 1 saturated heterocycles. The monoisotopic (exact) mass is 564 g/mol. The Morgan fingerprint density at radius 3 is 2.81 bits per heavy atom. The average Bonchev–Trinajstić information content (AvgIpc) is 3.62. The van der Waals surface area contributed by atoms with Gasteiger partial charge in [0.25, 0.3) is 0 Å². The van der Waals surface area contributed by atoms with Gasteiger partial charge in [-0.3, -0.25) is 9.69 Å². The highest BCUT2D eigenvalue weighted by atomic mass is 16.5. The number of carbonyl (C=O) groups excluding carboxylic acids is 1. The third-order valence-electron chi connectivity index (χ3n) is 7.26. The van der Waals surface area contributed by atoms with E-state index in [0.29, 0.717) is 40.8 Å². The minimum Gasteiger partial charge on any atom is -0.492 e. The molecule has 1 atom stereocenters. The van der Waals surface area contributed by atoms with E-state index in [1.54, 1.807) is 16.8 Å². The van der Waals surface area contributed by atoms with Crippen LogP contribution in [0.25, 0.3) is 16.6 Å². The molecule has 2 aromatic carbocycles. The Hall–Kier alpha value is -5.03. The van der Waals surface area contributed by atoms with Gasteiger partial charge in [-0.2, -0.15) is 5.10 Å². The maximum absolute atomic E-state index is 12.9. The number of hydrogen-bond donors (Lipinski definition) is 2. The summed E-state index contributed by atoms with van der Waals surface area (Å²) in [5, 5.41) is 11.2. The number of carbonyl (C=O) groups is 1. The van der Waals surface area contributed by atoms with E-state index < -0.39 is 0 Å². The maximum Gasteiger partial charge on any atom is 0.248 e. The Balaban J connectivity index is 1.23. The van der Waals surface area contributed by atoms with Crippen molar-refractivity contribution >= 4 is 39.6 Å². The summed E-state index contributed by atoms with van der Waals surface area (Å²) < 4.78 is 13.6. The van der Waals surface area contributed by atoms with E-state index in [0.717, 1.165) is 41.8 Å². The van der Waals surface area contributed by atoms with Gasteiger partial charge in [0, 0.05) is 41.5 Å². The van der Waals surface area contributed by atoms with Gasteiger partial charge in [0.05, 0.1) is 17.8 Å². The Bertz CT molecular complexity index is 1780. The molecule has 1 aliphatic rings. The molecule has 4 heterocycles. The first kappa shape index (κ1) is 27.2. The molecule has 214 valence electrons. The van der Waals surface area contributed by atoms with Gasteiger partial charge in [-0.1, -0.05) is 6.08 Å². The molecule has 1 unspecified atom stereocenters. The highest BCUT2D eigenvalue weighted by Gasteiger charge is 2.18. The smallest absolute Gasteiger partial charge is 0.248 e. The molecule has 0 spiro atoms. The number of likely N-dealkylation sites (tertiary alicyclic amines) is 1. The summed E-state index contributed by atoms with van der Waals surface area (Å²) in [6.07, 6.45) is 10.6. The van der Waals surface area contributed by atoms with Crippen molar-refractivity contribution < 1.29 is 14.3 Å². The minimum absolute atomic E-state index is 0.212. The normalized spacial score (nSPS) is 15.5. The summed E-state index contributed by atoms with van der Waals surface area (Å²) >= 11 is 0. The number of fused-ring (bicyclic) bond motifs is 2. The summed E-state index contributed by atoms with van der Waals surface area (Å²) in [4.78, 5) is 28.3. The SMILES string of the molecule is CCOc1cc2ncnc(Nc3ccc(Oc4ccn5ncnc5c4)c(C)c3)c2cc1NC(=O)C=CC1CCCN1C. The summed E-state index contributed by atoms with van der Waals surface area (Å²) in [5.74, 6) is 2.34. The predicted molar refractivity (Wildman–Crippen MR) is 162 cm³/mol. The van der Waals surface area contributed by atoms with E-state index in [2.05, 4.69) is 42.6 Å². The standard InChI is InChI=1S/C31H32N8O3/c1-4-41-28-17-25-24(16-26(28)37-30(40)10-8-22-6-5-12-38(22)3)31(34-18-32-25)36-21-7-9-27(20(2)14-21)42-23-11-13-39-29(15-23)33-19-35-39/h7-11,13-19,22H,4-6,12H2,1-3H3,(H,37,40)(H,32,34,36). The van der Waals surface area contributed by atoms with Crippen LogP contribution in [-0.4, -0.2) is 61.6 Å². The molecule has 0 aliphatic carbocycles. The van der Waals surface area contributed by atoms with Crippen molar-refractivity contribution in [1.29, 1.82) is 0 Å². The van der Waals surface area contributed by atoms with Crippen molar-refractivity contribution in [3.05, 3.63) is 79.0 Å². The number of benzene rings is 2. The number of pyridine rings is 1. The van der Waals surface area contributed by atoms with Crippen LogP contribution in [0.3, 0.4) is 0 Å². The lowest BCUT2D eigenvalue weighted by Gasteiger charge is -2.16. The summed E-state index contributed by atoms with van der Waals surface area (Å²) in [6.45, 7) is 5.38. The number of amides is 1. The quantitative estimate of drug-likeness (QED) is 0.224. The van der Waals surface area contributed by atoms with Crippen molar-refractivity contribution in [3.8, 4) is 17.2 Å². The topological polar surface area (TPSA) is 119 Å². The van der Waals surface area contributed by atoms with Crippen LogP contribution < -0.4 is 20.1 Å². The van der Waals surface area contributed by atoms with Crippen LogP contribution in [0.5, 0.6) is 17.2 Å². The van der Waals surface area contributed by atoms with E-state index in [1.807, 2.05) is 62.4 Å². The largest absolute Gasteiger partial charge is 0.492 e. The number of likely N-dealkylation sites (N-methyl/N-ethyl adjacent to an activating group) is 1. The molecule has 0 saturated carbocycles.